The van der Waals surface area contributed by atoms with Crippen LogP contribution < -0.4 is 10.6 Å². The van der Waals surface area contributed by atoms with Crippen molar-refractivity contribution in [2.24, 2.45) is 4.99 Å². The lowest BCUT2D eigenvalue weighted by molar-refractivity contribution is 0.629. The topological polar surface area (TPSA) is 41.4 Å². The normalized spacial score (nSPS) is 16.2. The Balaban J connectivity index is 1.50. The van der Waals surface area contributed by atoms with Gasteiger partial charge in [-0.25, -0.2) is 0 Å². The Kier molecular flexibility index (Phi) is 4.91. The number of aromatic nitrogens is 1. The first kappa shape index (κ1) is 15.9. The molecule has 1 heterocycles. The average molecular weight is 331 g/mol. The number of rotatable bonds is 6. The third-order valence-electron chi connectivity index (χ3n) is 4.44. The monoisotopic (exact) mass is 330 g/mol. The van der Waals surface area contributed by atoms with Crippen molar-refractivity contribution in [1.29, 1.82) is 0 Å². The molecule has 0 atom stereocenters. The summed E-state index contributed by atoms with van der Waals surface area (Å²) in [6.07, 6.45) is 6.52. The molecule has 5 heteroatoms. The molecule has 4 nitrogen and oxygen atoms in total. The largest absolute Gasteiger partial charge is 0.356 e. The number of aliphatic imine (C=N–C) groups is 1. The van der Waals surface area contributed by atoms with Gasteiger partial charge in [0.2, 0.25) is 0 Å². The molecule has 1 aliphatic rings. The molecule has 1 aromatic heterocycles. The summed E-state index contributed by atoms with van der Waals surface area (Å²) in [7, 11) is 1.81. The minimum atomic E-state index is 0.211. The van der Waals surface area contributed by atoms with Crippen LogP contribution in [0.25, 0.3) is 0 Å². The molecule has 1 saturated carbocycles. The first-order valence-electron chi connectivity index (χ1n) is 8.03. The maximum atomic E-state index is 6.13. The summed E-state index contributed by atoms with van der Waals surface area (Å²) in [5.41, 5.74) is 1.53. The average Bonchev–Trinajstić information content (AvgIpc) is 3.18. The molecule has 1 fully saturated rings. The highest BCUT2D eigenvalue weighted by Crippen LogP contribution is 2.48. The Morgan fingerprint density at radius 2 is 2.00 bits per heavy atom. The van der Waals surface area contributed by atoms with E-state index in [2.05, 4.69) is 44.7 Å². The van der Waals surface area contributed by atoms with E-state index in [-0.39, 0.29) is 5.41 Å². The fourth-order valence-corrected chi connectivity index (χ4v) is 3.02. The van der Waals surface area contributed by atoms with Gasteiger partial charge in [0, 0.05) is 49.5 Å². The zero-order valence-corrected chi connectivity index (χ0v) is 14.2. The lowest BCUT2D eigenvalue weighted by atomic mass is 9.96. The van der Waals surface area contributed by atoms with E-state index in [0.717, 1.165) is 30.6 Å². The third kappa shape index (κ3) is 4.08. The summed E-state index contributed by atoms with van der Waals surface area (Å²) in [6, 6.07) is 12.3. The summed E-state index contributed by atoms with van der Waals surface area (Å²) in [6.45, 7) is 2.65. The summed E-state index contributed by atoms with van der Waals surface area (Å²) in [5, 5.41) is 7.63. The second-order valence-corrected chi connectivity index (χ2v) is 6.50. The highest BCUT2D eigenvalue weighted by atomic mass is 35.5. The molecule has 1 aliphatic carbocycles. The molecule has 0 radical (unpaired) electrons. The number of halogens is 1. The molecule has 3 rings (SSSR count). The molecule has 2 N–H and O–H groups in total. The van der Waals surface area contributed by atoms with Gasteiger partial charge in [0.1, 0.15) is 0 Å². The van der Waals surface area contributed by atoms with E-state index in [1.165, 1.54) is 18.4 Å². The minimum Gasteiger partial charge on any atom is -0.356 e. The maximum absolute atomic E-state index is 6.13. The maximum Gasteiger partial charge on any atom is 0.191 e. The fraction of sp³-hybridized carbons (Fsp3) is 0.389. The van der Waals surface area contributed by atoms with Crippen molar-refractivity contribution < 1.29 is 0 Å². The number of nitrogens with zero attached hydrogens (tertiary/aromatic N) is 2. The van der Waals surface area contributed by atoms with Gasteiger partial charge in [-0.1, -0.05) is 23.7 Å². The molecule has 0 spiro atoms. The lowest BCUT2D eigenvalue weighted by Gasteiger charge is -2.19. The van der Waals surface area contributed by atoms with E-state index >= 15 is 0 Å². The highest BCUT2D eigenvalue weighted by molar-refractivity contribution is 6.30. The Labute approximate surface area is 142 Å². The quantitative estimate of drug-likeness (QED) is 0.631. The van der Waals surface area contributed by atoms with Crippen LogP contribution in [0.15, 0.2) is 53.8 Å². The number of benzene rings is 1. The van der Waals surface area contributed by atoms with Crippen molar-refractivity contribution in [1.82, 2.24) is 15.2 Å². The minimum absolute atomic E-state index is 0.211. The number of hydrogen-bond donors (Lipinski definition) is 2. The smallest absolute Gasteiger partial charge is 0.191 e. The summed E-state index contributed by atoms with van der Waals surface area (Å²) >= 11 is 6.13. The fourth-order valence-electron chi connectivity index (χ4n) is 2.83. The molecule has 1 aromatic carbocycles. The Bertz CT molecular complexity index is 659. The molecular weight excluding hydrogens is 308 g/mol. The van der Waals surface area contributed by atoms with Gasteiger partial charge in [0.15, 0.2) is 5.96 Å². The highest BCUT2D eigenvalue weighted by Gasteiger charge is 2.44. The van der Waals surface area contributed by atoms with Crippen LogP contribution in [0.3, 0.4) is 0 Å². The van der Waals surface area contributed by atoms with Gasteiger partial charge in [-0.3, -0.25) is 4.99 Å². The van der Waals surface area contributed by atoms with Gasteiger partial charge < -0.3 is 15.2 Å². The zero-order chi connectivity index (χ0) is 16.1. The predicted octanol–water partition coefficient (Wildman–Crippen LogP) is 3.04. The van der Waals surface area contributed by atoms with E-state index in [4.69, 9.17) is 11.6 Å². The van der Waals surface area contributed by atoms with Crippen molar-refractivity contribution in [2.75, 3.05) is 20.1 Å². The van der Waals surface area contributed by atoms with Crippen LogP contribution in [-0.2, 0) is 12.0 Å². The molecule has 0 bridgehead atoms. The lowest BCUT2D eigenvalue weighted by Crippen LogP contribution is -2.42. The van der Waals surface area contributed by atoms with Gasteiger partial charge in [-0.2, -0.15) is 0 Å². The van der Waals surface area contributed by atoms with Crippen LogP contribution >= 0.6 is 11.6 Å². The van der Waals surface area contributed by atoms with Crippen molar-refractivity contribution in [3.63, 3.8) is 0 Å². The van der Waals surface area contributed by atoms with Crippen molar-refractivity contribution in [3.8, 4) is 0 Å². The molecule has 0 amide bonds. The first-order chi connectivity index (χ1) is 11.2. The molecule has 0 unspecified atom stereocenters. The van der Waals surface area contributed by atoms with Crippen LogP contribution in [-0.4, -0.2) is 30.7 Å². The van der Waals surface area contributed by atoms with E-state index in [1.54, 1.807) is 0 Å². The summed E-state index contributed by atoms with van der Waals surface area (Å²) < 4.78 is 2.15. The SMILES string of the molecule is CN=C(NCCn1cccc1)NCC1(c2cccc(Cl)c2)CC1. The van der Waals surface area contributed by atoms with Crippen molar-refractivity contribution in [2.45, 2.75) is 24.8 Å². The standard InChI is InChI=1S/C18H23ClN4/c1-20-17(21-9-12-23-10-2-3-11-23)22-14-18(7-8-18)15-5-4-6-16(19)13-15/h2-6,10-11,13H,7-9,12,14H2,1H3,(H2,20,21,22). The van der Waals surface area contributed by atoms with Crippen molar-refractivity contribution >= 4 is 17.6 Å². The van der Waals surface area contributed by atoms with Crippen LogP contribution in [0.1, 0.15) is 18.4 Å². The van der Waals surface area contributed by atoms with Crippen LogP contribution in [0, 0.1) is 0 Å². The first-order valence-corrected chi connectivity index (χ1v) is 8.41. The molecular formula is C18H23ClN4. The number of nitrogens with one attached hydrogen (secondary N) is 2. The summed E-state index contributed by atoms with van der Waals surface area (Å²) in [4.78, 5) is 4.31. The van der Waals surface area contributed by atoms with Crippen LogP contribution in [0.5, 0.6) is 0 Å². The Morgan fingerprint density at radius 3 is 2.65 bits per heavy atom. The predicted molar refractivity (Wildman–Crippen MR) is 96.2 cm³/mol. The van der Waals surface area contributed by atoms with Gasteiger partial charge in [-0.05, 0) is 42.7 Å². The second-order valence-electron chi connectivity index (χ2n) is 6.06. The van der Waals surface area contributed by atoms with Crippen LogP contribution in [0.2, 0.25) is 5.02 Å². The number of guanidine groups is 1. The van der Waals surface area contributed by atoms with Gasteiger partial charge in [0.05, 0.1) is 0 Å². The van der Waals surface area contributed by atoms with Gasteiger partial charge >= 0.3 is 0 Å². The Hall–Kier alpha value is -1.94. The molecule has 23 heavy (non-hydrogen) atoms. The molecule has 0 saturated heterocycles. The van der Waals surface area contributed by atoms with Crippen LogP contribution in [0.4, 0.5) is 0 Å². The van der Waals surface area contributed by atoms with E-state index in [9.17, 15) is 0 Å². The van der Waals surface area contributed by atoms with E-state index < -0.39 is 0 Å². The van der Waals surface area contributed by atoms with Gasteiger partial charge in [0.25, 0.3) is 0 Å². The Morgan fingerprint density at radius 1 is 1.22 bits per heavy atom. The molecule has 0 aliphatic heterocycles. The van der Waals surface area contributed by atoms with Gasteiger partial charge in [-0.15, -0.1) is 0 Å². The molecule has 122 valence electrons. The van der Waals surface area contributed by atoms with E-state index in [0.29, 0.717) is 0 Å². The molecule has 2 aromatic rings. The zero-order valence-electron chi connectivity index (χ0n) is 13.4. The number of hydrogen-bond acceptors (Lipinski definition) is 1. The third-order valence-corrected chi connectivity index (χ3v) is 4.67. The van der Waals surface area contributed by atoms with E-state index in [1.807, 2.05) is 31.3 Å². The summed E-state index contributed by atoms with van der Waals surface area (Å²) in [5.74, 6) is 0.852. The second kappa shape index (κ2) is 7.09. The van der Waals surface area contributed by atoms with Crippen molar-refractivity contribution in [3.05, 3.63) is 59.4 Å².